The molecule has 0 unspecified atom stereocenters. The average molecular weight is 275 g/mol. The van der Waals surface area contributed by atoms with Crippen LogP contribution in [0.4, 0.5) is 15.9 Å². The van der Waals surface area contributed by atoms with Gasteiger partial charge in [-0.2, -0.15) is 0 Å². The molecule has 0 atom stereocenters. The lowest BCUT2D eigenvalue weighted by atomic mass is 10.2. The molecule has 1 aromatic heterocycles. The Hall–Kier alpha value is -2.14. The van der Waals surface area contributed by atoms with E-state index >= 15 is 0 Å². The molecule has 0 amide bonds. The summed E-state index contributed by atoms with van der Waals surface area (Å²) in [6, 6.07) is 10.2. The monoisotopic (exact) mass is 275 g/mol. The van der Waals surface area contributed by atoms with Crippen LogP contribution < -0.4 is 10.2 Å². The third-order valence-corrected chi connectivity index (χ3v) is 3.01. The number of halogens is 1. The molecule has 20 heavy (non-hydrogen) atoms. The van der Waals surface area contributed by atoms with Gasteiger partial charge < -0.3 is 15.3 Å². The summed E-state index contributed by atoms with van der Waals surface area (Å²) >= 11 is 0. The van der Waals surface area contributed by atoms with Gasteiger partial charge in [-0.3, -0.25) is 0 Å². The predicted molar refractivity (Wildman–Crippen MR) is 78.3 cm³/mol. The van der Waals surface area contributed by atoms with Gasteiger partial charge in [-0.1, -0.05) is 12.1 Å². The molecule has 0 aliphatic heterocycles. The van der Waals surface area contributed by atoms with E-state index in [-0.39, 0.29) is 12.4 Å². The fraction of sp³-hybridized carbons (Fsp3) is 0.267. The number of aromatic nitrogens is 1. The van der Waals surface area contributed by atoms with E-state index in [1.54, 1.807) is 18.3 Å². The van der Waals surface area contributed by atoms with E-state index in [2.05, 4.69) is 10.3 Å². The maximum absolute atomic E-state index is 12.8. The molecule has 2 rings (SSSR count). The summed E-state index contributed by atoms with van der Waals surface area (Å²) in [5.74, 6) is 0.527. The molecule has 0 bridgehead atoms. The van der Waals surface area contributed by atoms with Crippen LogP contribution in [-0.4, -0.2) is 30.3 Å². The van der Waals surface area contributed by atoms with E-state index in [4.69, 9.17) is 5.11 Å². The molecule has 0 spiro atoms. The summed E-state index contributed by atoms with van der Waals surface area (Å²) in [5.41, 5.74) is 1.95. The number of anilines is 2. The predicted octanol–water partition coefficient (Wildman–Crippen LogP) is 2.26. The molecular weight excluding hydrogens is 257 g/mol. The molecule has 0 saturated carbocycles. The Balaban J connectivity index is 1.92. The Morgan fingerprint density at radius 1 is 1.20 bits per heavy atom. The Morgan fingerprint density at radius 3 is 2.55 bits per heavy atom. The molecule has 2 aromatic rings. The number of rotatable bonds is 6. The van der Waals surface area contributed by atoms with E-state index < -0.39 is 0 Å². The number of hydrogen-bond acceptors (Lipinski definition) is 4. The maximum Gasteiger partial charge on any atom is 0.126 e. The quantitative estimate of drug-likeness (QED) is 0.849. The molecule has 0 fully saturated rings. The summed E-state index contributed by atoms with van der Waals surface area (Å²) < 4.78 is 12.8. The zero-order valence-corrected chi connectivity index (χ0v) is 11.4. The molecular formula is C15H18FN3O. The number of pyridine rings is 1. The number of likely N-dealkylation sites (N-methyl/N-ethyl adjacent to an activating group) is 1. The standard InChI is InChI=1S/C15H18FN3O/c1-19(8-9-20)14-6-7-15(18-11-14)17-10-12-2-4-13(16)5-3-12/h2-7,11,20H,8-10H2,1H3,(H,17,18). The van der Waals surface area contributed by atoms with Crippen LogP contribution >= 0.6 is 0 Å². The first-order valence-electron chi connectivity index (χ1n) is 6.45. The summed E-state index contributed by atoms with van der Waals surface area (Å²) in [5, 5.41) is 12.1. The Labute approximate surface area is 117 Å². The van der Waals surface area contributed by atoms with Crippen LogP contribution in [0, 0.1) is 5.82 Å². The SMILES string of the molecule is CN(CCO)c1ccc(NCc2ccc(F)cc2)nc1. The van der Waals surface area contributed by atoms with Gasteiger partial charge in [0, 0.05) is 20.1 Å². The van der Waals surface area contributed by atoms with Crippen molar-refractivity contribution < 1.29 is 9.50 Å². The van der Waals surface area contributed by atoms with Crippen molar-refractivity contribution in [3.05, 3.63) is 54.0 Å². The van der Waals surface area contributed by atoms with Crippen molar-refractivity contribution >= 4 is 11.5 Å². The van der Waals surface area contributed by atoms with E-state index in [0.29, 0.717) is 13.1 Å². The fourth-order valence-electron chi connectivity index (χ4n) is 1.79. The molecule has 4 nitrogen and oxygen atoms in total. The summed E-state index contributed by atoms with van der Waals surface area (Å²) in [7, 11) is 1.90. The zero-order valence-electron chi connectivity index (χ0n) is 11.4. The normalized spacial score (nSPS) is 10.3. The van der Waals surface area contributed by atoms with Crippen molar-refractivity contribution in [3.8, 4) is 0 Å². The molecule has 0 aliphatic rings. The first-order chi connectivity index (χ1) is 9.69. The fourth-order valence-corrected chi connectivity index (χ4v) is 1.79. The second-order valence-electron chi connectivity index (χ2n) is 4.53. The van der Waals surface area contributed by atoms with E-state index in [0.717, 1.165) is 17.1 Å². The first kappa shape index (κ1) is 14.3. The van der Waals surface area contributed by atoms with Crippen LogP contribution in [0.25, 0.3) is 0 Å². The van der Waals surface area contributed by atoms with Gasteiger partial charge in [0.1, 0.15) is 11.6 Å². The van der Waals surface area contributed by atoms with Gasteiger partial charge in [0.05, 0.1) is 18.5 Å². The van der Waals surface area contributed by atoms with Gasteiger partial charge in [-0.05, 0) is 29.8 Å². The number of nitrogens with one attached hydrogen (secondary N) is 1. The van der Waals surface area contributed by atoms with Crippen LogP contribution in [-0.2, 0) is 6.54 Å². The smallest absolute Gasteiger partial charge is 0.126 e. The van der Waals surface area contributed by atoms with Gasteiger partial charge in [0.25, 0.3) is 0 Å². The van der Waals surface area contributed by atoms with Gasteiger partial charge in [0.2, 0.25) is 0 Å². The van der Waals surface area contributed by atoms with Crippen LogP contribution in [0.15, 0.2) is 42.6 Å². The van der Waals surface area contributed by atoms with E-state index in [9.17, 15) is 4.39 Å². The van der Waals surface area contributed by atoms with Crippen molar-refractivity contribution in [1.82, 2.24) is 4.98 Å². The van der Waals surface area contributed by atoms with Crippen molar-refractivity contribution in [2.75, 3.05) is 30.4 Å². The Kier molecular flexibility index (Phi) is 4.90. The highest BCUT2D eigenvalue weighted by molar-refractivity contribution is 5.49. The summed E-state index contributed by atoms with van der Waals surface area (Å²) in [6.45, 7) is 1.28. The number of nitrogens with zero attached hydrogens (tertiary/aromatic N) is 2. The first-order valence-corrected chi connectivity index (χ1v) is 6.45. The van der Waals surface area contributed by atoms with Crippen LogP contribution in [0.5, 0.6) is 0 Å². The van der Waals surface area contributed by atoms with Gasteiger partial charge in [-0.15, -0.1) is 0 Å². The number of aliphatic hydroxyl groups is 1. The molecule has 1 heterocycles. The largest absolute Gasteiger partial charge is 0.395 e. The van der Waals surface area contributed by atoms with Gasteiger partial charge >= 0.3 is 0 Å². The third kappa shape index (κ3) is 3.93. The average Bonchev–Trinajstić information content (AvgIpc) is 2.47. The minimum absolute atomic E-state index is 0.112. The molecule has 5 heteroatoms. The number of aliphatic hydroxyl groups excluding tert-OH is 1. The number of hydrogen-bond donors (Lipinski definition) is 2. The van der Waals surface area contributed by atoms with Crippen LogP contribution in [0.2, 0.25) is 0 Å². The molecule has 0 radical (unpaired) electrons. The van der Waals surface area contributed by atoms with Crippen molar-refractivity contribution in [1.29, 1.82) is 0 Å². The molecule has 0 aliphatic carbocycles. The second-order valence-corrected chi connectivity index (χ2v) is 4.53. The van der Waals surface area contributed by atoms with Crippen molar-refractivity contribution in [2.45, 2.75) is 6.54 Å². The Bertz CT molecular complexity index is 528. The van der Waals surface area contributed by atoms with E-state index in [1.165, 1.54) is 12.1 Å². The molecule has 106 valence electrons. The van der Waals surface area contributed by atoms with Gasteiger partial charge in [-0.25, -0.2) is 9.37 Å². The lowest BCUT2D eigenvalue weighted by Gasteiger charge is -2.17. The van der Waals surface area contributed by atoms with Crippen molar-refractivity contribution in [2.24, 2.45) is 0 Å². The second kappa shape index (κ2) is 6.86. The summed E-state index contributed by atoms with van der Waals surface area (Å²) in [4.78, 5) is 6.23. The van der Waals surface area contributed by atoms with Crippen LogP contribution in [0.1, 0.15) is 5.56 Å². The lowest BCUT2D eigenvalue weighted by Crippen LogP contribution is -2.21. The highest BCUT2D eigenvalue weighted by Crippen LogP contribution is 2.14. The highest BCUT2D eigenvalue weighted by Gasteiger charge is 2.01. The molecule has 1 aromatic carbocycles. The Morgan fingerprint density at radius 2 is 1.95 bits per heavy atom. The third-order valence-electron chi connectivity index (χ3n) is 3.01. The lowest BCUT2D eigenvalue weighted by molar-refractivity contribution is 0.304. The van der Waals surface area contributed by atoms with Gasteiger partial charge in [0.15, 0.2) is 0 Å². The zero-order chi connectivity index (χ0) is 14.4. The van der Waals surface area contributed by atoms with Crippen molar-refractivity contribution in [3.63, 3.8) is 0 Å². The topological polar surface area (TPSA) is 48.4 Å². The highest BCUT2D eigenvalue weighted by atomic mass is 19.1. The van der Waals surface area contributed by atoms with Crippen LogP contribution in [0.3, 0.4) is 0 Å². The minimum atomic E-state index is -0.233. The molecule has 0 saturated heterocycles. The number of benzene rings is 1. The summed E-state index contributed by atoms with van der Waals surface area (Å²) in [6.07, 6.45) is 1.75. The maximum atomic E-state index is 12.8. The minimum Gasteiger partial charge on any atom is -0.395 e. The molecule has 2 N–H and O–H groups in total. The van der Waals surface area contributed by atoms with E-state index in [1.807, 2.05) is 24.1 Å².